The molecule has 0 unspecified atom stereocenters. The fourth-order valence-electron chi connectivity index (χ4n) is 4.65. The Hall–Kier alpha value is -2.12. The normalized spacial score (nSPS) is 29.7. The van der Waals surface area contributed by atoms with Gasteiger partial charge in [0.05, 0.1) is 4.92 Å². The molecule has 1 aromatic rings. The van der Waals surface area contributed by atoms with Gasteiger partial charge < -0.3 is 15.5 Å². The third-order valence-electron chi connectivity index (χ3n) is 5.38. The zero-order valence-electron chi connectivity index (χ0n) is 16.2. The molecular formula is C18H30N6O2. The Morgan fingerprint density at radius 2 is 1.38 bits per heavy atom. The van der Waals surface area contributed by atoms with Crippen LogP contribution in [0.15, 0.2) is 0 Å². The highest BCUT2D eigenvalue weighted by atomic mass is 16.6. The Balaban J connectivity index is 2.01. The topological polar surface area (TPSA) is 101 Å². The minimum Gasteiger partial charge on any atom is -0.378 e. The standard InChI is InChI=1S/C18H30N6O2/c1-11-5-12(2)8-22(7-11)17-15(24(25)26)16(19)20-18(21-17)23-9-13(3)6-14(4)10-23/h11-14H,5-10H2,1-4H3,(H2,19,20,21)/t11-,12-,13+,14+/m0/s1. The van der Waals surface area contributed by atoms with Crippen LogP contribution in [0.25, 0.3) is 0 Å². The number of piperidine rings is 2. The van der Waals surface area contributed by atoms with Gasteiger partial charge in [0.25, 0.3) is 0 Å². The second kappa shape index (κ2) is 7.25. The molecule has 2 aliphatic rings. The first-order valence-corrected chi connectivity index (χ1v) is 9.56. The van der Waals surface area contributed by atoms with E-state index in [1.165, 1.54) is 6.42 Å². The summed E-state index contributed by atoms with van der Waals surface area (Å²) in [5.41, 5.74) is 5.87. The van der Waals surface area contributed by atoms with Crippen molar-refractivity contribution >= 4 is 23.3 Å². The molecule has 26 heavy (non-hydrogen) atoms. The van der Waals surface area contributed by atoms with Gasteiger partial charge in [-0.1, -0.05) is 27.7 Å². The largest absolute Gasteiger partial charge is 0.378 e. The summed E-state index contributed by atoms with van der Waals surface area (Å²) in [6.45, 7) is 12.0. The highest BCUT2D eigenvalue weighted by molar-refractivity contribution is 5.71. The maximum Gasteiger partial charge on any atom is 0.353 e. The smallest absolute Gasteiger partial charge is 0.353 e. The van der Waals surface area contributed by atoms with E-state index in [4.69, 9.17) is 5.73 Å². The first kappa shape index (κ1) is 18.7. The number of nitrogens with zero attached hydrogens (tertiary/aromatic N) is 5. The molecule has 0 amide bonds. The fourth-order valence-corrected chi connectivity index (χ4v) is 4.65. The third-order valence-corrected chi connectivity index (χ3v) is 5.38. The molecule has 0 aromatic carbocycles. The number of anilines is 3. The van der Waals surface area contributed by atoms with Gasteiger partial charge >= 0.3 is 5.69 Å². The Kier molecular flexibility index (Phi) is 5.20. The fraction of sp³-hybridized carbons (Fsp3) is 0.778. The molecule has 0 saturated carbocycles. The molecular weight excluding hydrogens is 332 g/mol. The van der Waals surface area contributed by atoms with Gasteiger partial charge in [-0.05, 0) is 36.5 Å². The maximum atomic E-state index is 11.6. The van der Waals surface area contributed by atoms with Gasteiger partial charge in [-0.15, -0.1) is 0 Å². The second-order valence-electron chi connectivity index (χ2n) is 8.54. The summed E-state index contributed by atoms with van der Waals surface area (Å²) >= 11 is 0. The lowest BCUT2D eigenvalue weighted by atomic mass is 9.92. The van der Waals surface area contributed by atoms with Crippen molar-refractivity contribution in [3.05, 3.63) is 10.1 Å². The summed E-state index contributed by atoms with van der Waals surface area (Å²) in [5, 5.41) is 11.6. The molecule has 2 aliphatic heterocycles. The van der Waals surface area contributed by atoms with Crippen LogP contribution in [-0.4, -0.2) is 41.1 Å². The first-order valence-electron chi connectivity index (χ1n) is 9.56. The van der Waals surface area contributed by atoms with Gasteiger partial charge in [-0.25, -0.2) is 0 Å². The van der Waals surface area contributed by atoms with Crippen LogP contribution in [0.1, 0.15) is 40.5 Å². The molecule has 3 heterocycles. The van der Waals surface area contributed by atoms with E-state index in [0.717, 1.165) is 32.6 Å². The zero-order chi connectivity index (χ0) is 19.0. The van der Waals surface area contributed by atoms with Gasteiger partial charge in [-0.3, -0.25) is 10.1 Å². The Bertz CT molecular complexity index is 662. The maximum absolute atomic E-state index is 11.6. The Morgan fingerprint density at radius 3 is 1.85 bits per heavy atom. The minimum atomic E-state index is -0.445. The molecule has 1 aromatic heterocycles. The second-order valence-corrected chi connectivity index (χ2v) is 8.54. The molecule has 2 fully saturated rings. The monoisotopic (exact) mass is 362 g/mol. The summed E-state index contributed by atoms with van der Waals surface area (Å²) in [7, 11) is 0. The minimum absolute atomic E-state index is 0.0354. The SMILES string of the molecule is C[C@@H]1C[C@@H](C)CN(c2nc(N)c([N+](=O)[O-])c(N3C[C@@H](C)C[C@H](C)C3)n2)C1. The van der Waals surface area contributed by atoms with Crippen molar-refractivity contribution in [1.29, 1.82) is 0 Å². The molecule has 0 aliphatic carbocycles. The van der Waals surface area contributed by atoms with Crippen LogP contribution in [0.2, 0.25) is 0 Å². The van der Waals surface area contributed by atoms with Crippen molar-refractivity contribution < 1.29 is 4.92 Å². The van der Waals surface area contributed by atoms with E-state index in [2.05, 4.69) is 42.6 Å². The quantitative estimate of drug-likeness (QED) is 0.651. The number of nitro groups is 1. The number of hydrogen-bond donors (Lipinski definition) is 1. The summed E-state index contributed by atoms with van der Waals surface area (Å²) in [6.07, 6.45) is 2.30. The summed E-state index contributed by atoms with van der Waals surface area (Å²) < 4.78 is 0. The van der Waals surface area contributed by atoms with Gasteiger partial charge in [0.1, 0.15) is 0 Å². The van der Waals surface area contributed by atoms with Crippen LogP contribution < -0.4 is 15.5 Å². The molecule has 2 N–H and O–H groups in total. The van der Waals surface area contributed by atoms with Gasteiger partial charge in [0.2, 0.25) is 17.6 Å². The van der Waals surface area contributed by atoms with Crippen LogP contribution >= 0.6 is 0 Å². The third kappa shape index (κ3) is 3.83. The number of aromatic nitrogens is 2. The predicted octanol–water partition coefficient (Wildman–Crippen LogP) is 2.93. The lowest BCUT2D eigenvalue weighted by Crippen LogP contribution is -2.42. The van der Waals surface area contributed by atoms with E-state index in [9.17, 15) is 10.1 Å². The van der Waals surface area contributed by atoms with Crippen LogP contribution in [0.3, 0.4) is 0 Å². The molecule has 8 heteroatoms. The van der Waals surface area contributed by atoms with Crippen molar-refractivity contribution in [3.8, 4) is 0 Å². The van der Waals surface area contributed by atoms with Crippen molar-refractivity contribution in [2.45, 2.75) is 40.5 Å². The van der Waals surface area contributed by atoms with E-state index in [1.807, 2.05) is 4.90 Å². The van der Waals surface area contributed by atoms with Crippen molar-refractivity contribution in [1.82, 2.24) is 9.97 Å². The van der Waals surface area contributed by atoms with Gasteiger partial charge in [0.15, 0.2) is 0 Å². The van der Waals surface area contributed by atoms with Crippen molar-refractivity contribution in [2.24, 2.45) is 23.7 Å². The summed E-state index contributed by atoms with van der Waals surface area (Å²) in [6, 6.07) is 0. The van der Waals surface area contributed by atoms with Crippen molar-refractivity contribution in [3.63, 3.8) is 0 Å². The number of nitrogen functional groups attached to an aromatic ring is 1. The molecule has 3 rings (SSSR count). The van der Waals surface area contributed by atoms with E-state index >= 15 is 0 Å². The molecule has 0 spiro atoms. The molecule has 0 radical (unpaired) electrons. The number of hydrogen-bond acceptors (Lipinski definition) is 7. The van der Waals surface area contributed by atoms with E-state index < -0.39 is 4.92 Å². The lowest BCUT2D eigenvalue weighted by molar-refractivity contribution is -0.383. The number of nitrogens with two attached hydrogens (primary N) is 1. The van der Waals surface area contributed by atoms with Crippen LogP contribution in [0.5, 0.6) is 0 Å². The molecule has 0 bridgehead atoms. The van der Waals surface area contributed by atoms with Crippen LogP contribution in [0, 0.1) is 33.8 Å². The van der Waals surface area contributed by atoms with E-state index in [0.29, 0.717) is 35.4 Å². The van der Waals surface area contributed by atoms with E-state index in [-0.39, 0.29) is 11.5 Å². The van der Waals surface area contributed by atoms with Crippen LogP contribution in [0.4, 0.5) is 23.3 Å². The predicted molar refractivity (Wildman–Crippen MR) is 103 cm³/mol. The number of rotatable bonds is 3. The molecule has 8 nitrogen and oxygen atoms in total. The molecule has 4 atom stereocenters. The average molecular weight is 362 g/mol. The van der Waals surface area contributed by atoms with Gasteiger partial charge in [0, 0.05) is 26.2 Å². The van der Waals surface area contributed by atoms with Gasteiger partial charge in [-0.2, -0.15) is 9.97 Å². The molecule has 2 saturated heterocycles. The van der Waals surface area contributed by atoms with Crippen LogP contribution in [-0.2, 0) is 0 Å². The van der Waals surface area contributed by atoms with Crippen molar-refractivity contribution in [2.75, 3.05) is 41.7 Å². The zero-order valence-corrected chi connectivity index (χ0v) is 16.2. The first-order chi connectivity index (χ1) is 12.2. The highest BCUT2D eigenvalue weighted by Crippen LogP contribution is 2.37. The Morgan fingerprint density at radius 1 is 0.923 bits per heavy atom. The summed E-state index contributed by atoms with van der Waals surface area (Å²) in [5.74, 6) is 2.87. The van der Waals surface area contributed by atoms with E-state index in [1.54, 1.807) is 0 Å². The lowest BCUT2D eigenvalue weighted by Gasteiger charge is -2.37. The average Bonchev–Trinajstić information content (AvgIpc) is 2.51. The molecule has 144 valence electrons. The highest BCUT2D eigenvalue weighted by Gasteiger charge is 2.33. The summed E-state index contributed by atoms with van der Waals surface area (Å²) in [4.78, 5) is 24.3. The Labute approximate surface area is 154 Å².